The number of methoxy groups -OCH3 is 2. The third-order valence-electron chi connectivity index (χ3n) is 8.19. The van der Waals surface area contributed by atoms with Gasteiger partial charge in [-0.15, -0.1) is 0 Å². The minimum atomic E-state index is -2.26. The fourth-order valence-electron chi connectivity index (χ4n) is 5.18. The third kappa shape index (κ3) is 19.6. The van der Waals surface area contributed by atoms with Crippen molar-refractivity contribution in [2.75, 3.05) is 34.4 Å². The van der Waals surface area contributed by atoms with Crippen LogP contribution in [-0.4, -0.2) is 160 Å². The van der Waals surface area contributed by atoms with Crippen molar-refractivity contribution in [2.45, 2.75) is 140 Å². The number of aromatic nitrogens is 2. The van der Waals surface area contributed by atoms with E-state index in [1.165, 1.54) is 19.6 Å². The van der Waals surface area contributed by atoms with E-state index in [2.05, 4.69) is 36.3 Å². The van der Waals surface area contributed by atoms with Crippen LogP contribution in [0.25, 0.3) is 0 Å². The molecule has 0 saturated heterocycles. The van der Waals surface area contributed by atoms with Gasteiger partial charge in [0.15, 0.2) is 12.2 Å². The zero-order valence-corrected chi connectivity index (χ0v) is 35.2. The Hall–Kier alpha value is -4.90. The van der Waals surface area contributed by atoms with Crippen molar-refractivity contribution in [3.8, 4) is 0 Å². The lowest BCUT2D eigenvalue weighted by Gasteiger charge is -2.26. The zero-order chi connectivity index (χ0) is 45.1. The first-order chi connectivity index (χ1) is 27.4. The molecule has 0 aromatic carbocycles. The van der Waals surface area contributed by atoms with E-state index in [1.54, 1.807) is 48.6 Å². The summed E-state index contributed by atoms with van der Waals surface area (Å²) in [5.74, 6) is -4.80. The number of nitrogens with zero attached hydrogens (tertiary/aromatic N) is 2. The van der Waals surface area contributed by atoms with Crippen molar-refractivity contribution in [3.63, 3.8) is 0 Å². The maximum Gasteiger partial charge on any atom is 0.419 e. The molecule has 0 aliphatic carbocycles. The van der Waals surface area contributed by atoms with Crippen LogP contribution in [0.3, 0.4) is 0 Å². The summed E-state index contributed by atoms with van der Waals surface area (Å²) in [5.41, 5.74) is -1.58. The summed E-state index contributed by atoms with van der Waals surface area (Å²) in [6.07, 6.45) is -6.80. The molecule has 7 atom stereocenters. The van der Waals surface area contributed by atoms with E-state index in [-0.39, 0.29) is 44.3 Å². The smallest absolute Gasteiger partial charge is 0.419 e. The summed E-state index contributed by atoms with van der Waals surface area (Å²) in [6.45, 7) is 10.4. The predicted octanol–water partition coefficient (Wildman–Crippen LogP) is -1.46. The van der Waals surface area contributed by atoms with Gasteiger partial charge < -0.3 is 66.0 Å². The first-order valence-corrected chi connectivity index (χ1v) is 19.1. The Morgan fingerprint density at radius 2 is 1.20 bits per heavy atom. The van der Waals surface area contributed by atoms with E-state index >= 15 is 0 Å². The maximum atomic E-state index is 13.9. The van der Waals surface area contributed by atoms with E-state index in [0.29, 0.717) is 19.4 Å². The molecule has 0 radical (unpaired) electrons. The Kier molecular flexibility index (Phi) is 22.0. The first-order valence-electron chi connectivity index (χ1n) is 19.1. The van der Waals surface area contributed by atoms with Gasteiger partial charge in [0.05, 0.1) is 19.9 Å². The number of unbranched alkanes of at least 4 members (excludes halogenated alkanes) is 2. The largest absolute Gasteiger partial charge is 0.467 e. The summed E-state index contributed by atoms with van der Waals surface area (Å²) < 4.78 is 20.9. The minimum Gasteiger partial charge on any atom is -0.467 e. The fraction of sp³-hybridized carbons (Fsp3) is 0.730. The number of amides is 4. The second-order valence-corrected chi connectivity index (χ2v) is 15.6. The van der Waals surface area contributed by atoms with Gasteiger partial charge in [0.2, 0.25) is 11.8 Å². The van der Waals surface area contributed by atoms with Crippen LogP contribution in [0.2, 0.25) is 0 Å². The fourth-order valence-corrected chi connectivity index (χ4v) is 5.18. The van der Waals surface area contributed by atoms with Crippen LogP contribution in [0, 0.1) is 0 Å². The lowest BCUT2D eigenvalue weighted by atomic mass is 10.0. The zero-order valence-electron chi connectivity index (χ0n) is 35.2. The first kappa shape index (κ1) is 52.1. The SMILES string of the molecule is CNCCCCC(NC(=O)C(Cc1cn(C(=O)OC(C)(C)C)cn1)NC(=O)C(CCCCNC(=O)C(O)C(O)C(O)C(O)C(=O)OC)NC(=O)OC(C)(C)C)C(=O)OC. The second-order valence-electron chi connectivity index (χ2n) is 15.6. The number of imidazole rings is 1. The maximum absolute atomic E-state index is 13.9. The van der Waals surface area contributed by atoms with Gasteiger partial charge in [-0.1, -0.05) is 0 Å². The van der Waals surface area contributed by atoms with Gasteiger partial charge in [0.25, 0.3) is 5.91 Å². The molecule has 22 nitrogen and oxygen atoms in total. The van der Waals surface area contributed by atoms with E-state index in [1.807, 2.05) is 0 Å². The van der Waals surface area contributed by atoms with Gasteiger partial charge in [-0.2, -0.15) is 0 Å². The highest BCUT2D eigenvalue weighted by Gasteiger charge is 2.38. The Morgan fingerprint density at radius 3 is 1.76 bits per heavy atom. The van der Waals surface area contributed by atoms with Crippen molar-refractivity contribution < 1.29 is 72.9 Å². The summed E-state index contributed by atoms with van der Waals surface area (Å²) >= 11 is 0. The molecular formula is C37H63N7O15. The van der Waals surface area contributed by atoms with Crippen LogP contribution >= 0.6 is 0 Å². The number of carbonyl (C=O) groups excluding carboxylic acids is 7. The van der Waals surface area contributed by atoms with Gasteiger partial charge in [0.1, 0.15) is 47.9 Å². The molecule has 4 amide bonds. The van der Waals surface area contributed by atoms with Crippen LogP contribution in [0.15, 0.2) is 12.5 Å². The molecule has 0 fully saturated rings. The molecule has 1 heterocycles. The number of hydrogen-bond acceptors (Lipinski definition) is 17. The summed E-state index contributed by atoms with van der Waals surface area (Å²) in [4.78, 5) is 94.0. The van der Waals surface area contributed by atoms with Crippen molar-refractivity contribution in [2.24, 2.45) is 0 Å². The van der Waals surface area contributed by atoms with E-state index < -0.39 is 95.6 Å². The lowest BCUT2D eigenvalue weighted by Crippen LogP contribution is -2.56. The number of carbonyl (C=O) groups is 7. The van der Waals surface area contributed by atoms with E-state index in [0.717, 1.165) is 11.7 Å². The third-order valence-corrected chi connectivity index (χ3v) is 8.19. The molecular weight excluding hydrogens is 782 g/mol. The quantitative estimate of drug-likeness (QED) is 0.0345. The number of rotatable bonds is 23. The lowest BCUT2D eigenvalue weighted by molar-refractivity contribution is -0.169. The molecule has 1 aromatic rings. The second kappa shape index (κ2) is 24.9. The van der Waals surface area contributed by atoms with Crippen molar-refractivity contribution >= 4 is 41.8 Å². The molecule has 9 N–H and O–H groups in total. The number of esters is 2. The van der Waals surface area contributed by atoms with Crippen LogP contribution in [-0.2, 0) is 49.3 Å². The average Bonchev–Trinajstić information content (AvgIpc) is 3.63. The molecule has 1 rings (SSSR count). The monoisotopic (exact) mass is 845 g/mol. The molecule has 336 valence electrons. The number of aliphatic hydroxyl groups excluding tert-OH is 4. The Morgan fingerprint density at radius 1 is 0.678 bits per heavy atom. The number of nitrogens with one attached hydrogen (secondary N) is 5. The standard InChI is InChI=1S/C37H63N7O15/c1-36(2,3)58-34(54)43-22(14-11-13-17-39-31(51)27(47)25(45)26(46)28(48)33(53)57-9)29(49)42-24(18-21-19-44(20-40-21)35(55)59-37(4,5)6)30(50)41-23(32(52)56-8)15-10-12-16-38-7/h19-20,22-28,38,45-48H,10-18H2,1-9H3,(H,39,51)(H,41,50)(H,42,49)(H,43,54). The molecule has 0 aliphatic rings. The molecule has 22 heteroatoms. The number of alkyl carbamates (subject to hydrolysis) is 1. The number of ether oxygens (including phenoxy) is 4. The van der Waals surface area contributed by atoms with Crippen LogP contribution in [0.1, 0.15) is 85.8 Å². The molecule has 7 unspecified atom stereocenters. The van der Waals surface area contributed by atoms with Crippen LogP contribution in [0.4, 0.5) is 9.59 Å². The Balaban J connectivity index is 3.26. The van der Waals surface area contributed by atoms with Crippen LogP contribution in [0.5, 0.6) is 0 Å². The van der Waals surface area contributed by atoms with Gasteiger partial charge >= 0.3 is 24.1 Å². The number of aliphatic hydroxyl groups is 4. The average molecular weight is 846 g/mol. The highest BCUT2D eigenvalue weighted by Crippen LogP contribution is 2.13. The highest BCUT2D eigenvalue weighted by molar-refractivity contribution is 5.93. The predicted molar refractivity (Wildman–Crippen MR) is 207 cm³/mol. The molecule has 1 aromatic heterocycles. The number of hydrogen-bond donors (Lipinski definition) is 9. The molecule has 59 heavy (non-hydrogen) atoms. The molecule has 0 aliphatic heterocycles. The molecule has 0 saturated carbocycles. The normalized spacial score (nSPS) is 15.2. The van der Waals surface area contributed by atoms with Gasteiger partial charge in [-0.25, -0.2) is 28.7 Å². The summed E-state index contributed by atoms with van der Waals surface area (Å²) in [7, 11) is 3.87. The van der Waals surface area contributed by atoms with Crippen molar-refractivity contribution in [1.29, 1.82) is 0 Å². The Labute approximate surface area is 343 Å². The van der Waals surface area contributed by atoms with E-state index in [4.69, 9.17) is 14.2 Å². The molecule has 0 spiro atoms. The van der Waals surface area contributed by atoms with Crippen molar-refractivity contribution in [3.05, 3.63) is 18.2 Å². The van der Waals surface area contributed by atoms with E-state index in [9.17, 15) is 54.0 Å². The van der Waals surface area contributed by atoms with Gasteiger partial charge in [-0.05, 0) is 93.7 Å². The summed E-state index contributed by atoms with van der Waals surface area (Å²) in [6, 6.07) is -3.80. The summed E-state index contributed by atoms with van der Waals surface area (Å²) in [5, 5.41) is 53.0. The van der Waals surface area contributed by atoms with Gasteiger partial charge in [0, 0.05) is 19.2 Å². The topological polar surface area (TPSA) is 315 Å². The van der Waals surface area contributed by atoms with Gasteiger partial charge in [-0.3, -0.25) is 14.4 Å². The van der Waals surface area contributed by atoms with Crippen LogP contribution < -0.4 is 26.6 Å². The Bertz CT molecular complexity index is 1540. The minimum absolute atomic E-state index is 0.0754. The van der Waals surface area contributed by atoms with Crippen molar-refractivity contribution in [1.82, 2.24) is 36.1 Å². The molecule has 0 bridgehead atoms. The highest BCUT2D eigenvalue weighted by atomic mass is 16.6.